The van der Waals surface area contributed by atoms with E-state index in [1.165, 1.54) is 4.90 Å². The van der Waals surface area contributed by atoms with Gasteiger partial charge in [-0.2, -0.15) is 0 Å². The summed E-state index contributed by atoms with van der Waals surface area (Å²) in [7, 11) is 0. The Bertz CT molecular complexity index is 1470. The molecule has 3 aromatic rings. The van der Waals surface area contributed by atoms with Crippen LogP contribution in [0, 0.1) is 5.41 Å². The topological polar surface area (TPSA) is 126 Å². The number of fused-ring (bicyclic) bond motifs is 9. The van der Waals surface area contributed by atoms with E-state index in [1.807, 2.05) is 64.2 Å². The Kier molecular flexibility index (Phi) is 9.46. The second kappa shape index (κ2) is 13.8. The van der Waals surface area contributed by atoms with Crippen molar-refractivity contribution in [1.29, 1.82) is 0 Å². The molecule has 45 heavy (non-hydrogen) atoms. The third-order valence-electron chi connectivity index (χ3n) is 8.96. The fourth-order valence-electron chi connectivity index (χ4n) is 6.26. The summed E-state index contributed by atoms with van der Waals surface area (Å²) in [4.78, 5) is 48.0. The maximum atomic E-state index is 13.8. The van der Waals surface area contributed by atoms with Gasteiger partial charge in [0.15, 0.2) is 0 Å². The van der Waals surface area contributed by atoms with Crippen molar-refractivity contribution in [3.63, 3.8) is 0 Å². The van der Waals surface area contributed by atoms with Crippen LogP contribution in [0.4, 0.5) is 0 Å². The molecule has 1 saturated carbocycles. The number of amides is 3. The van der Waals surface area contributed by atoms with Crippen LogP contribution in [0.25, 0.3) is 0 Å². The number of piperidine rings is 1. The Morgan fingerprint density at radius 1 is 1.07 bits per heavy atom. The van der Waals surface area contributed by atoms with Crippen molar-refractivity contribution in [2.45, 2.75) is 63.8 Å². The van der Waals surface area contributed by atoms with E-state index in [2.05, 4.69) is 10.3 Å². The van der Waals surface area contributed by atoms with Gasteiger partial charge in [0.05, 0.1) is 37.0 Å². The molecule has 2 atom stereocenters. The summed E-state index contributed by atoms with van der Waals surface area (Å²) in [6.07, 6.45) is 8.33. The average Bonchev–Trinajstić information content (AvgIpc) is 3.65. The number of aryl methyl sites for hydroxylation is 1. The van der Waals surface area contributed by atoms with Crippen LogP contribution < -0.4 is 10.1 Å². The SMILES string of the molecule is O=C1CN(CCCO)C(=O)CCc2ccc(cc2)Oc2cccc(c2)CO[C@H]2CCN(C(=O)C3(Cn4ccnc4)CC3)C[C@@H]2N1. The molecule has 4 aliphatic rings. The van der Waals surface area contributed by atoms with E-state index in [4.69, 9.17) is 9.47 Å². The van der Waals surface area contributed by atoms with E-state index in [0.717, 1.165) is 24.0 Å². The van der Waals surface area contributed by atoms with Crippen LogP contribution in [0.1, 0.15) is 43.2 Å². The first-order valence-corrected chi connectivity index (χ1v) is 15.8. The zero-order valence-corrected chi connectivity index (χ0v) is 25.5. The third-order valence-corrected chi connectivity index (χ3v) is 8.96. The fraction of sp³-hybridized carbons (Fsp3) is 0.471. The molecule has 3 amide bonds. The van der Waals surface area contributed by atoms with E-state index in [0.29, 0.717) is 57.0 Å². The van der Waals surface area contributed by atoms with Crippen molar-refractivity contribution in [1.82, 2.24) is 24.7 Å². The quantitative estimate of drug-likeness (QED) is 0.437. The van der Waals surface area contributed by atoms with E-state index in [1.54, 1.807) is 12.5 Å². The number of hydrogen-bond acceptors (Lipinski definition) is 7. The number of carbonyl (C=O) groups excluding carboxylic acids is 3. The van der Waals surface area contributed by atoms with Gasteiger partial charge >= 0.3 is 0 Å². The molecule has 2 aromatic carbocycles. The summed E-state index contributed by atoms with van der Waals surface area (Å²) in [5.74, 6) is 1.01. The molecular formula is C34H41N5O6. The highest BCUT2D eigenvalue weighted by Gasteiger charge is 2.53. The number of nitrogens with zero attached hydrogens (tertiary/aromatic N) is 4. The van der Waals surface area contributed by atoms with Crippen LogP contribution in [0.5, 0.6) is 11.5 Å². The lowest BCUT2D eigenvalue weighted by Crippen LogP contribution is -2.59. The van der Waals surface area contributed by atoms with E-state index in [9.17, 15) is 19.5 Å². The van der Waals surface area contributed by atoms with Gasteiger partial charge in [0, 0.05) is 51.6 Å². The normalized spacial score (nSPS) is 22.0. The summed E-state index contributed by atoms with van der Waals surface area (Å²) in [6.45, 7) is 1.82. The first kappa shape index (κ1) is 30.8. The predicted molar refractivity (Wildman–Crippen MR) is 165 cm³/mol. The van der Waals surface area contributed by atoms with Gasteiger partial charge in [-0.3, -0.25) is 14.4 Å². The minimum absolute atomic E-state index is 0.0793. The van der Waals surface area contributed by atoms with Crippen LogP contribution in [-0.4, -0.2) is 87.1 Å². The number of benzene rings is 2. The molecule has 3 aliphatic heterocycles. The minimum Gasteiger partial charge on any atom is -0.457 e. The Balaban J connectivity index is 1.22. The number of ether oxygens (including phenoxy) is 2. The number of carbonyl (C=O) groups is 3. The summed E-state index contributed by atoms with van der Waals surface area (Å²) in [5, 5.41) is 12.6. The molecule has 1 aromatic heterocycles. The van der Waals surface area contributed by atoms with Crippen molar-refractivity contribution in [3.8, 4) is 11.5 Å². The smallest absolute Gasteiger partial charge is 0.239 e. The number of imidazole rings is 1. The fourth-order valence-corrected chi connectivity index (χ4v) is 6.26. The van der Waals surface area contributed by atoms with Gasteiger partial charge in [-0.05, 0) is 67.5 Å². The monoisotopic (exact) mass is 615 g/mol. The zero-order chi connectivity index (χ0) is 31.2. The highest BCUT2D eigenvalue weighted by Crippen LogP contribution is 2.49. The van der Waals surface area contributed by atoms with Gasteiger partial charge < -0.3 is 34.3 Å². The number of aliphatic hydroxyl groups is 1. The Morgan fingerprint density at radius 3 is 2.67 bits per heavy atom. The van der Waals surface area contributed by atoms with Gasteiger partial charge in [0.2, 0.25) is 17.7 Å². The largest absolute Gasteiger partial charge is 0.457 e. The number of hydrogen-bond donors (Lipinski definition) is 2. The zero-order valence-electron chi connectivity index (χ0n) is 25.5. The standard InChI is InChI=1S/C34H41N5O6/c40-18-2-15-38-21-31(41)36-29-20-39(33(43)34(12-13-34)23-37-17-14-35-24-37)16-11-30(29)44-22-26-3-1-4-28(19-26)45-27-8-5-25(6-9-27)7-10-32(38)42/h1,3-6,8-9,14,17,19,24,29-30,40H,2,7,10-13,15-16,18,20-23H2,(H,36,41)/t29-,30-/m0/s1. The van der Waals surface area contributed by atoms with E-state index in [-0.39, 0.29) is 49.9 Å². The highest BCUT2D eigenvalue weighted by molar-refractivity contribution is 5.86. The number of rotatable bonds is 6. The molecule has 4 heterocycles. The third kappa shape index (κ3) is 7.72. The van der Waals surface area contributed by atoms with Crippen LogP contribution >= 0.6 is 0 Å². The molecule has 0 unspecified atom stereocenters. The highest BCUT2D eigenvalue weighted by atomic mass is 16.5. The number of nitrogens with one attached hydrogen (secondary N) is 1. The first-order chi connectivity index (χ1) is 21.9. The average molecular weight is 616 g/mol. The van der Waals surface area contributed by atoms with E-state index >= 15 is 0 Å². The molecule has 11 nitrogen and oxygen atoms in total. The Morgan fingerprint density at radius 2 is 1.91 bits per heavy atom. The Labute approximate surface area is 263 Å². The molecule has 0 radical (unpaired) electrons. The summed E-state index contributed by atoms with van der Waals surface area (Å²) in [5.41, 5.74) is 1.47. The van der Waals surface area contributed by atoms with Crippen LogP contribution in [0.15, 0.2) is 67.3 Å². The second-order valence-corrected chi connectivity index (χ2v) is 12.4. The van der Waals surface area contributed by atoms with E-state index < -0.39 is 11.5 Å². The molecule has 2 N–H and O–H groups in total. The van der Waals surface area contributed by atoms with Gasteiger partial charge in [-0.25, -0.2) is 4.98 Å². The van der Waals surface area contributed by atoms with Crippen molar-refractivity contribution >= 4 is 17.7 Å². The van der Waals surface area contributed by atoms with Crippen molar-refractivity contribution in [3.05, 3.63) is 78.4 Å². The molecule has 7 rings (SSSR count). The number of likely N-dealkylation sites (tertiary alicyclic amines) is 1. The van der Waals surface area contributed by atoms with Crippen molar-refractivity contribution < 1.29 is 29.0 Å². The van der Waals surface area contributed by atoms with Gasteiger partial charge in [-0.15, -0.1) is 0 Å². The molecule has 2 fully saturated rings. The molecular weight excluding hydrogens is 574 g/mol. The second-order valence-electron chi connectivity index (χ2n) is 12.4. The van der Waals surface area contributed by atoms with Gasteiger partial charge in [0.1, 0.15) is 11.5 Å². The molecule has 1 aliphatic carbocycles. The summed E-state index contributed by atoms with van der Waals surface area (Å²) < 4.78 is 14.5. The number of aliphatic hydroxyl groups excluding tert-OH is 1. The first-order valence-electron chi connectivity index (χ1n) is 15.8. The maximum absolute atomic E-state index is 13.8. The molecule has 11 heteroatoms. The van der Waals surface area contributed by atoms with Gasteiger partial charge in [0.25, 0.3) is 0 Å². The summed E-state index contributed by atoms with van der Waals surface area (Å²) >= 11 is 0. The lowest BCUT2D eigenvalue weighted by atomic mass is 9.97. The predicted octanol–water partition coefficient (Wildman–Crippen LogP) is 2.92. The van der Waals surface area contributed by atoms with Crippen molar-refractivity contribution in [2.24, 2.45) is 5.41 Å². The molecule has 0 spiro atoms. The lowest BCUT2D eigenvalue weighted by Gasteiger charge is -2.40. The minimum atomic E-state index is -0.453. The lowest BCUT2D eigenvalue weighted by molar-refractivity contribution is -0.143. The molecule has 238 valence electrons. The number of aromatic nitrogens is 2. The molecule has 1 saturated heterocycles. The summed E-state index contributed by atoms with van der Waals surface area (Å²) in [6, 6.07) is 14.9. The van der Waals surface area contributed by atoms with Crippen molar-refractivity contribution in [2.75, 3.05) is 32.8 Å². The molecule has 4 bridgehead atoms. The van der Waals surface area contributed by atoms with Crippen LogP contribution in [0.3, 0.4) is 0 Å². The van der Waals surface area contributed by atoms with Crippen LogP contribution in [0.2, 0.25) is 0 Å². The Hall–Kier alpha value is -4.22. The van der Waals surface area contributed by atoms with Crippen LogP contribution in [-0.2, 0) is 38.7 Å². The maximum Gasteiger partial charge on any atom is 0.239 e. The van der Waals surface area contributed by atoms with Gasteiger partial charge in [-0.1, -0.05) is 24.3 Å².